The number of aliphatic hydroxyl groups excluding tert-OH is 1. The van der Waals surface area contributed by atoms with Gasteiger partial charge in [0.25, 0.3) is 0 Å². The van der Waals surface area contributed by atoms with Crippen LogP contribution in [0, 0.1) is 11.8 Å². The lowest BCUT2D eigenvalue weighted by Gasteiger charge is -2.10. The maximum Gasteiger partial charge on any atom is 0.175 e. The van der Waals surface area contributed by atoms with Crippen LogP contribution in [0.1, 0.15) is 24.5 Å². The van der Waals surface area contributed by atoms with Crippen LogP contribution in [0.15, 0.2) is 41.4 Å². The van der Waals surface area contributed by atoms with E-state index in [9.17, 15) is 13.5 Å². The van der Waals surface area contributed by atoms with Crippen LogP contribution in [-0.2, 0) is 9.84 Å². The number of anilines is 1. The molecule has 0 fully saturated rings. The molecule has 0 aliphatic rings. The molecule has 0 aliphatic carbocycles. The van der Waals surface area contributed by atoms with Crippen LogP contribution in [0.3, 0.4) is 0 Å². The Morgan fingerprint density at radius 3 is 2.56 bits per heavy atom. The highest BCUT2D eigenvalue weighted by molar-refractivity contribution is 7.90. The number of sulfone groups is 1. The van der Waals surface area contributed by atoms with Crippen molar-refractivity contribution >= 4 is 27.1 Å². The first kappa shape index (κ1) is 19.3. The molecule has 7 heteroatoms. The highest BCUT2D eigenvalue weighted by Gasteiger charge is 2.06. The molecule has 1 aromatic carbocycles. The first-order valence-electron chi connectivity index (χ1n) is 7.65. The molecule has 0 amide bonds. The summed E-state index contributed by atoms with van der Waals surface area (Å²) in [6, 6.07) is 8.06. The molecular formula is C18H19ClN2O3S. The third kappa shape index (κ3) is 6.05. The summed E-state index contributed by atoms with van der Waals surface area (Å²) < 4.78 is 22.9. The number of pyridine rings is 1. The Labute approximate surface area is 153 Å². The molecule has 2 aromatic rings. The van der Waals surface area contributed by atoms with Crippen molar-refractivity contribution in [2.75, 3.05) is 18.1 Å². The zero-order chi connectivity index (χ0) is 18.4. The zero-order valence-electron chi connectivity index (χ0n) is 14.0. The minimum absolute atomic E-state index is 0.256. The Balaban J connectivity index is 2.21. The van der Waals surface area contributed by atoms with E-state index in [4.69, 9.17) is 11.6 Å². The van der Waals surface area contributed by atoms with Gasteiger partial charge in [0.05, 0.1) is 22.3 Å². The zero-order valence-corrected chi connectivity index (χ0v) is 15.5. The lowest BCUT2D eigenvalue weighted by molar-refractivity contribution is 0.189. The number of nitrogens with zero attached hydrogens (tertiary/aromatic N) is 1. The van der Waals surface area contributed by atoms with E-state index in [1.165, 1.54) is 12.1 Å². The Morgan fingerprint density at radius 1 is 1.28 bits per heavy atom. The molecule has 0 radical (unpaired) electrons. The fraction of sp³-hybridized carbons (Fsp3) is 0.278. The number of halogens is 1. The van der Waals surface area contributed by atoms with Gasteiger partial charge < -0.3 is 10.4 Å². The molecule has 5 nitrogen and oxygen atoms in total. The van der Waals surface area contributed by atoms with E-state index in [2.05, 4.69) is 22.1 Å². The maximum atomic E-state index is 11.5. The van der Waals surface area contributed by atoms with Crippen LogP contribution in [0.4, 0.5) is 5.69 Å². The standard InChI is InChI=1S/C18H19ClN2O3S/c1-13(22)9-10-20-17-11-18(19)21-12-15(17)6-3-14-4-7-16(8-5-14)25(2,23)24/h4-5,7-8,11-13,22H,9-10H2,1-2H3,(H,20,21)/t13-/m1/s1. The van der Waals surface area contributed by atoms with Crippen LogP contribution in [-0.4, -0.2) is 37.4 Å². The Kier molecular flexibility index (Phi) is 6.43. The largest absolute Gasteiger partial charge is 0.393 e. The molecule has 0 unspecified atom stereocenters. The highest BCUT2D eigenvalue weighted by atomic mass is 35.5. The van der Waals surface area contributed by atoms with Gasteiger partial charge in [0.2, 0.25) is 0 Å². The molecule has 132 valence electrons. The van der Waals surface area contributed by atoms with Crippen molar-refractivity contribution in [2.45, 2.75) is 24.3 Å². The normalized spacial score (nSPS) is 12.2. The fourth-order valence-electron chi connectivity index (χ4n) is 2.02. The van der Waals surface area contributed by atoms with Gasteiger partial charge in [0, 0.05) is 24.6 Å². The van der Waals surface area contributed by atoms with E-state index in [-0.39, 0.29) is 4.90 Å². The molecule has 0 saturated carbocycles. The smallest absolute Gasteiger partial charge is 0.175 e. The minimum Gasteiger partial charge on any atom is -0.393 e. The number of aliphatic hydroxyl groups is 1. The van der Waals surface area contributed by atoms with Crippen molar-refractivity contribution in [1.82, 2.24) is 4.98 Å². The summed E-state index contributed by atoms with van der Waals surface area (Å²) >= 11 is 5.93. The van der Waals surface area contributed by atoms with E-state index >= 15 is 0 Å². The number of rotatable bonds is 5. The van der Waals surface area contributed by atoms with Gasteiger partial charge in [-0.05, 0) is 43.7 Å². The van der Waals surface area contributed by atoms with Gasteiger partial charge in [0.1, 0.15) is 5.15 Å². The molecule has 2 N–H and O–H groups in total. The van der Waals surface area contributed by atoms with E-state index in [1.807, 2.05) is 0 Å². The topological polar surface area (TPSA) is 79.3 Å². The van der Waals surface area contributed by atoms with Crippen LogP contribution >= 0.6 is 11.6 Å². The van der Waals surface area contributed by atoms with Crippen LogP contribution in [0.2, 0.25) is 5.15 Å². The third-order valence-corrected chi connectivity index (χ3v) is 4.71. The second-order valence-corrected chi connectivity index (χ2v) is 8.07. The monoisotopic (exact) mass is 378 g/mol. The molecule has 1 heterocycles. The first-order chi connectivity index (χ1) is 11.8. The van der Waals surface area contributed by atoms with Crippen molar-refractivity contribution in [3.05, 3.63) is 52.8 Å². The summed E-state index contributed by atoms with van der Waals surface area (Å²) in [6.07, 6.45) is 2.94. The molecule has 2 rings (SSSR count). The van der Waals surface area contributed by atoms with Crippen molar-refractivity contribution in [3.63, 3.8) is 0 Å². The Morgan fingerprint density at radius 2 is 1.96 bits per heavy atom. The molecular weight excluding hydrogens is 360 g/mol. The van der Waals surface area contributed by atoms with Gasteiger partial charge in [0.15, 0.2) is 9.84 Å². The van der Waals surface area contributed by atoms with Crippen LogP contribution in [0.5, 0.6) is 0 Å². The molecule has 0 aliphatic heterocycles. The number of hydrogen-bond donors (Lipinski definition) is 2. The Bertz CT molecular complexity index is 898. The van der Waals surface area contributed by atoms with E-state index < -0.39 is 15.9 Å². The SMILES string of the molecule is C[C@@H](O)CCNc1cc(Cl)ncc1C#Cc1ccc(S(C)(=O)=O)cc1. The molecule has 1 atom stereocenters. The number of hydrogen-bond acceptors (Lipinski definition) is 5. The van der Waals surface area contributed by atoms with Crippen molar-refractivity contribution in [3.8, 4) is 11.8 Å². The van der Waals surface area contributed by atoms with Crippen molar-refractivity contribution in [2.24, 2.45) is 0 Å². The first-order valence-corrected chi connectivity index (χ1v) is 9.92. The van der Waals surface area contributed by atoms with Gasteiger partial charge in [-0.15, -0.1) is 0 Å². The van der Waals surface area contributed by atoms with E-state index in [0.29, 0.717) is 29.2 Å². The lowest BCUT2D eigenvalue weighted by atomic mass is 10.2. The van der Waals surface area contributed by atoms with Crippen LogP contribution < -0.4 is 5.32 Å². The van der Waals surface area contributed by atoms with Gasteiger partial charge in [-0.3, -0.25) is 0 Å². The lowest BCUT2D eigenvalue weighted by Crippen LogP contribution is -2.10. The predicted molar refractivity (Wildman–Crippen MR) is 99.6 cm³/mol. The van der Waals surface area contributed by atoms with Crippen molar-refractivity contribution in [1.29, 1.82) is 0 Å². The quantitative estimate of drug-likeness (QED) is 0.617. The molecule has 1 aromatic heterocycles. The summed E-state index contributed by atoms with van der Waals surface area (Å²) in [5.74, 6) is 5.99. The number of aromatic nitrogens is 1. The fourth-order valence-corrected chi connectivity index (χ4v) is 2.80. The second-order valence-electron chi connectivity index (χ2n) is 5.66. The summed E-state index contributed by atoms with van der Waals surface area (Å²) in [5.41, 5.74) is 2.10. The summed E-state index contributed by atoms with van der Waals surface area (Å²) in [7, 11) is -3.22. The van der Waals surface area contributed by atoms with Crippen molar-refractivity contribution < 1.29 is 13.5 Å². The molecule has 0 spiro atoms. The average molecular weight is 379 g/mol. The maximum absolute atomic E-state index is 11.5. The summed E-state index contributed by atoms with van der Waals surface area (Å²) in [4.78, 5) is 4.29. The predicted octanol–water partition coefficient (Wildman–Crippen LogP) is 2.72. The summed E-state index contributed by atoms with van der Waals surface area (Å²) in [6.45, 7) is 2.30. The van der Waals surface area contributed by atoms with Gasteiger partial charge in [-0.25, -0.2) is 13.4 Å². The average Bonchev–Trinajstić information content (AvgIpc) is 2.53. The van der Waals surface area contributed by atoms with Crippen LogP contribution in [0.25, 0.3) is 0 Å². The Hall–Kier alpha value is -2.07. The van der Waals surface area contributed by atoms with E-state index in [0.717, 1.165) is 11.9 Å². The van der Waals surface area contributed by atoms with E-state index in [1.54, 1.807) is 31.3 Å². The number of benzene rings is 1. The second kappa shape index (κ2) is 8.34. The number of nitrogens with one attached hydrogen (secondary N) is 1. The molecule has 25 heavy (non-hydrogen) atoms. The van der Waals surface area contributed by atoms with Gasteiger partial charge in [-0.2, -0.15) is 0 Å². The minimum atomic E-state index is -3.22. The molecule has 0 bridgehead atoms. The highest BCUT2D eigenvalue weighted by Crippen LogP contribution is 2.18. The van der Waals surface area contributed by atoms with Gasteiger partial charge in [-0.1, -0.05) is 23.4 Å². The third-order valence-electron chi connectivity index (χ3n) is 3.37. The summed E-state index contributed by atoms with van der Waals surface area (Å²) in [5, 5.41) is 12.9. The molecule has 0 saturated heterocycles. The van der Waals surface area contributed by atoms with Gasteiger partial charge >= 0.3 is 0 Å².